The minimum Gasteiger partial charge on any atom is -0.298 e. The van der Waals surface area contributed by atoms with E-state index in [-0.39, 0.29) is 12.5 Å². The van der Waals surface area contributed by atoms with Crippen LogP contribution in [-0.2, 0) is 23.1 Å². The predicted octanol–water partition coefficient (Wildman–Crippen LogP) is 4.03. The maximum Gasteiger partial charge on any atom is 0.271 e. The molecule has 35 heavy (non-hydrogen) atoms. The van der Waals surface area contributed by atoms with Gasteiger partial charge in [0.05, 0.1) is 18.5 Å². The average Bonchev–Trinajstić information content (AvgIpc) is 2.87. The van der Waals surface area contributed by atoms with Crippen LogP contribution in [0.2, 0.25) is 0 Å². The summed E-state index contributed by atoms with van der Waals surface area (Å²) in [7, 11) is -3.49. The number of carbonyl (C=O) groups excluding carboxylic acids is 1. The van der Waals surface area contributed by atoms with Gasteiger partial charge < -0.3 is 0 Å². The molecule has 0 aliphatic carbocycles. The molecule has 1 heterocycles. The number of likely N-dealkylation sites (tertiary alicyclic amines) is 1. The Hall–Kier alpha value is -3.49. The van der Waals surface area contributed by atoms with Crippen LogP contribution in [0.25, 0.3) is 0 Å². The third-order valence-electron chi connectivity index (χ3n) is 5.98. The van der Waals surface area contributed by atoms with E-state index in [1.165, 1.54) is 16.1 Å². The molecule has 8 heteroatoms. The highest BCUT2D eigenvalue weighted by atomic mass is 32.2. The van der Waals surface area contributed by atoms with Crippen LogP contribution in [0.3, 0.4) is 0 Å². The number of amides is 1. The van der Waals surface area contributed by atoms with E-state index in [1.807, 2.05) is 36.4 Å². The fraction of sp³-hybridized carbons (Fsp3) is 0.259. The fourth-order valence-corrected chi connectivity index (χ4v) is 4.93. The zero-order valence-electron chi connectivity index (χ0n) is 19.8. The van der Waals surface area contributed by atoms with E-state index in [9.17, 15) is 13.2 Å². The molecule has 1 aliphatic rings. The molecule has 1 saturated heterocycles. The first-order valence-corrected chi connectivity index (χ1v) is 13.5. The molecule has 1 N–H and O–H groups in total. The van der Waals surface area contributed by atoms with Gasteiger partial charge in [-0.2, -0.15) is 5.10 Å². The Morgan fingerprint density at radius 2 is 1.46 bits per heavy atom. The summed E-state index contributed by atoms with van der Waals surface area (Å²) < 4.78 is 26.1. The Balaban J connectivity index is 1.33. The Labute approximate surface area is 207 Å². The quantitative estimate of drug-likeness (QED) is 0.483. The van der Waals surface area contributed by atoms with Crippen molar-refractivity contribution in [2.24, 2.45) is 5.10 Å². The number of rotatable bonds is 8. The lowest BCUT2D eigenvalue weighted by Gasteiger charge is -2.27. The molecule has 0 unspecified atom stereocenters. The molecule has 7 nitrogen and oxygen atoms in total. The van der Waals surface area contributed by atoms with Gasteiger partial charge in [-0.3, -0.25) is 14.0 Å². The van der Waals surface area contributed by atoms with E-state index in [0.717, 1.165) is 43.8 Å². The normalized spacial score (nSPS) is 14.4. The van der Waals surface area contributed by atoms with E-state index in [4.69, 9.17) is 0 Å². The lowest BCUT2D eigenvalue weighted by atomic mass is 10.1. The predicted molar refractivity (Wildman–Crippen MR) is 140 cm³/mol. The highest BCUT2D eigenvalue weighted by molar-refractivity contribution is 7.92. The first kappa shape index (κ1) is 24.6. The van der Waals surface area contributed by atoms with Crippen molar-refractivity contribution in [3.8, 4) is 0 Å². The minimum absolute atomic E-state index is 0.222. The molecule has 3 aromatic rings. The molecule has 182 valence electrons. The monoisotopic (exact) mass is 490 g/mol. The van der Waals surface area contributed by atoms with Gasteiger partial charge in [-0.15, -0.1) is 0 Å². The summed E-state index contributed by atoms with van der Waals surface area (Å²) in [5.74, 6) is -0.315. The van der Waals surface area contributed by atoms with E-state index in [0.29, 0.717) is 11.3 Å². The second kappa shape index (κ2) is 11.3. The summed E-state index contributed by atoms with van der Waals surface area (Å²) in [5, 5.41) is 4.34. The third-order valence-corrected chi connectivity index (χ3v) is 7.13. The standard InChI is InChI=1S/C27H30N4O3S/c1-35(33,34)31(21-23-10-6-3-7-11-23)26-14-12-24(13-15-26)27(32)29-28-25-16-18-30(19-17-25)20-22-8-4-2-5-9-22/h2-15H,16-21H2,1H3,(H,29,32). The summed E-state index contributed by atoms with van der Waals surface area (Å²) in [6.07, 6.45) is 2.81. The number of anilines is 1. The van der Waals surface area contributed by atoms with Crippen LogP contribution in [0, 0.1) is 0 Å². The first-order valence-electron chi connectivity index (χ1n) is 11.6. The lowest BCUT2D eigenvalue weighted by Crippen LogP contribution is -2.34. The van der Waals surface area contributed by atoms with Gasteiger partial charge in [0.15, 0.2) is 0 Å². The molecule has 0 atom stereocenters. The van der Waals surface area contributed by atoms with Crippen LogP contribution in [0.1, 0.15) is 34.3 Å². The molecule has 0 radical (unpaired) electrons. The maximum atomic E-state index is 12.6. The maximum absolute atomic E-state index is 12.6. The molecule has 4 rings (SSSR count). The molecule has 1 amide bonds. The second-order valence-corrected chi connectivity index (χ2v) is 10.6. The third kappa shape index (κ3) is 7.00. The van der Waals surface area contributed by atoms with Crippen molar-refractivity contribution in [3.05, 3.63) is 102 Å². The van der Waals surface area contributed by atoms with Gasteiger partial charge in [0.2, 0.25) is 10.0 Å². The Morgan fingerprint density at radius 3 is 2.03 bits per heavy atom. The Morgan fingerprint density at radius 1 is 0.886 bits per heavy atom. The van der Waals surface area contributed by atoms with Crippen molar-refractivity contribution < 1.29 is 13.2 Å². The number of hydrazone groups is 1. The van der Waals surface area contributed by atoms with Gasteiger partial charge in [-0.1, -0.05) is 60.7 Å². The molecule has 0 spiro atoms. The van der Waals surface area contributed by atoms with Crippen LogP contribution in [0.15, 0.2) is 90.0 Å². The number of hydrogen-bond donors (Lipinski definition) is 1. The van der Waals surface area contributed by atoms with E-state index >= 15 is 0 Å². The van der Waals surface area contributed by atoms with Crippen LogP contribution in [0.4, 0.5) is 5.69 Å². The number of piperidine rings is 1. The molecule has 1 fully saturated rings. The van der Waals surface area contributed by atoms with Gasteiger partial charge >= 0.3 is 0 Å². The van der Waals surface area contributed by atoms with Crippen molar-refractivity contribution >= 4 is 27.3 Å². The van der Waals surface area contributed by atoms with E-state index in [1.54, 1.807) is 24.3 Å². The molecule has 0 bridgehead atoms. The molecule has 0 aromatic heterocycles. The SMILES string of the molecule is CS(=O)(=O)N(Cc1ccccc1)c1ccc(C(=O)NN=C2CCN(Cc3ccccc3)CC2)cc1. The molecule has 3 aromatic carbocycles. The van der Waals surface area contributed by atoms with Crippen molar-refractivity contribution in [1.82, 2.24) is 10.3 Å². The van der Waals surface area contributed by atoms with E-state index < -0.39 is 10.0 Å². The van der Waals surface area contributed by atoms with Gasteiger partial charge in [0, 0.05) is 43.8 Å². The number of nitrogens with zero attached hydrogens (tertiary/aromatic N) is 3. The summed E-state index contributed by atoms with van der Waals surface area (Å²) in [6.45, 7) is 2.95. The van der Waals surface area contributed by atoms with Crippen LogP contribution >= 0.6 is 0 Å². The smallest absolute Gasteiger partial charge is 0.271 e. The topological polar surface area (TPSA) is 82.1 Å². The van der Waals surface area contributed by atoms with Crippen molar-refractivity contribution in [1.29, 1.82) is 0 Å². The fourth-order valence-electron chi connectivity index (χ4n) is 4.05. The Kier molecular flexibility index (Phi) is 7.94. The number of hydrogen-bond acceptors (Lipinski definition) is 5. The van der Waals surface area contributed by atoms with E-state index in [2.05, 4.69) is 39.7 Å². The van der Waals surface area contributed by atoms with Crippen LogP contribution in [-0.4, -0.2) is 44.3 Å². The molecule has 0 saturated carbocycles. The van der Waals surface area contributed by atoms with Crippen molar-refractivity contribution in [2.75, 3.05) is 23.7 Å². The largest absolute Gasteiger partial charge is 0.298 e. The summed E-state index contributed by atoms with van der Waals surface area (Å²) in [4.78, 5) is 15.0. The van der Waals surface area contributed by atoms with Crippen molar-refractivity contribution in [2.45, 2.75) is 25.9 Å². The summed E-state index contributed by atoms with van der Waals surface area (Å²) >= 11 is 0. The second-order valence-electron chi connectivity index (χ2n) is 8.68. The number of carbonyl (C=O) groups is 1. The highest BCUT2D eigenvalue weighted by Crippen LogP contribution is 2.21. The Bertz CT molecular complexity index is 1250. The van der Waals surface area contributed by atoms with Gasteiger partial charge in [-0.05, 0) is 35.4 Å². The van der Waals surface area contributed by atoms with Gasteiger partial charge in [0.1, 0.15) is 0 Å². The summed E-state index contributed by atoms with van der Waals surface area (Å²) in [6, 6.07) is 26.3. The van der Waals surface area contributed by atoms with Crippen LogP contribution in [0.5, 0.6) is 0 Å². The molecular weight excluding hydrogens is 460 g/mol. The zero-order chi connectivity index (χ0) is 24.7. The number of nitrogens with one attached hydrogen (secondary N) is 1. The number of sulfonamides is 1. The van der Waals surface area contributed by atoms with Crippen molar-refractivity contribution in [3.63, 3.8) is 0 Å². The lowest BCUT2D eigenvalue weighted by molar-refractivity contribution is 0.0954. The molecular formula is C27H30N4O3S. The number of benzene rings is 3. The molecule has 1 aliphatic heterocycles. The minimum atomic E-state index is -3.49. The average molecular weight is 491 g/mol. The zero-order valence-corrected chi connectivity index (χ0v) is 20.6. The highest BCUT2D eigenvalue weighted by Gasteiger charge is 2.19. The van der Waals surface area contributed by atoms with Crippen LogP contribution < -0.4 is 9.73 Å². The summed E-state index contributed by atoms with van der Waals surface area (Å²) in [5.41, 5.74) is 6.73. The van der Waals surface area contributed by atoms with Gasteiger partial charge in [0.25, 0.3) is 5.91 Å². The first-order chi connectivity index (χ1) is 16.9. The van der Waals surface area contributed by atoms with Gasteiger partial charge in [-0.25, -0.2) is 13.8 Å².